The van der Waals surface area contributed by atoms with E-state index in [1.54, 1.807) is 0 Å². The van der Waals surface area contributed by atoms with Crippen LogP contribution < -0.4 is 0 Å². The van der Waals surface area contributed by atoms with E-state index in [2.05, 4.69) is 261 Å². The molecule has 0 aliphatic heterocycles. The number of aromatic nitrogens is 6. The summed E-state index contributed by atoms with van der Waals surface area (Å²) in [6.07, 6.45) is 0. The smallest absolute Gasteiger partial charge is 0.160 e. The Kier molecular flexibility index (Phi) is 7.91. The average Bonchev–Trinajstić information content (AvgIpc) is 4.26. The zero-order valence-corrected chi connectivity index (χ0v) is 39.8. The second kappa shape index (κ2) is 14.8. The quantitative estimate of drug-likeness (QED) is 0.173. The lowest BCUT2D eigenvalue weighted by Crippen LogP contribution is -2.02. The standard InChI is InChI=1S/C68H40N6/c1-2-23-54-46(16-1)53-24-15-25-57-66(53)67(54)70-68(69-57)41-36-44(73-62-30-13-7-21-51(62)55-39-42(32-34-64(55)73)71-58-26-9-3-17-47(58)48-18-4-10-27-59(48)71)38-45(37-41)74-63-31-14-8-22-52(63)56-40-43(33-35-65(56)74)72-60-28-11-5-19-49(60)50-20-6-12-29-61(50)72/h1-40H. The molecule has 0 bridgehead atoms. The van der Waals surface area contributed by atoms with Crippen molar-refractivity contribution in [3.8, 4) is 56.5 Å². The van der Waals surface area contributed by atoms with Crippen molar-refractivity contribution in [2.24, 2.45) is 0 Å². The van der Waals surface area contributed by atoms with Gasteiger partial charge in [-0.15, -0.1) is 0 Å². The first-order valence-corrected chi connectivity index (χ1v) is 25.3. The van der Waals surface area contributed by atoms with E-state index in [1.165, 1.54) is 76.3 Å². The van der Waals surface area contributed by atoms with Crippen molar-refractivity contribution in [3.63, 3.8) is 0 Å². The van der Waals surface area contributed by atoms with Crippen molar-refractivity contribution in [3.05, 3.63) is 243 Å². The lowest BCUT2D eigenvalue weighted by atomic mass is 10.1. The van der Waals surface area contributed by atoms with Crippen LogP contribution in [0.1, 0.15) is 0 Å². The molecule has 0 spiro atoms. The molecule has 0 saturated carbocycles. The van der Waals surface area contributed by atoms with Crippen LogP contribution in [0.25, 0.3) is 155 Å². The lowest BCUT2D eigenvalue weighted by Gasteiger charge is -2.16. The zero-order valence-electron chi connectivity index (χ0n) is 39.8. The molecule has 342 valence electrons. The molecule has 0 atom stereocenters. The lowest BCUT2D eigenvalue weighted by molar-refractivity contribution is 1.12. The number of nitrogens with zero attached hydrogens (tertiary/aromatic N) is 6. The first kappa shape index (κ1) is 39.7. The van der Waals surface area contributed by atoms with Gasteiger partial charge in [0.25, 0.3) is 0 Å². The Bertz CT molecular complexity index is 4740. The minimum atomic E-state index is 0.688. The van der Waals surface area contributed by atoms with Crippen LogP contribution in [-0.4, -0.2) is 28.2 Å². The average molecular weight is 941 g/mol. The first-order valence-electron chi connectivity index (χ1n) is 25.3. The van der Waals surface area contributed by atoms with E-state index < -0.39 is 0 Å². The summed E-state index contributed by atoms with van der Waals surface area (Å²) < 4.78 is 9.70. The molecule has 5 heterocycles. The first-order chi connectivity index (χ1) is 36.7. The van der Waals surface area contributed by atoms with Gasteiger partial charge in [-0.3, -0.25) is 0 Å². The van der Waals surface area contributed by atoms with E-state index in [4.69, 9.17) is 9.97 Å². The van der Waals surface area contributed by atoms with Crippen LogP contribution in [0.15, 0.2) is 243 Å². The summed E-state index contributed by atoms with van der Waals surface area (Å²) in [6, 6.07) is 88.6. The number of para-hydroxylation sites is 6. The molecule has 11 aromatic carbocycles. The highest BCUT2D eigenvalue weighted by Crippen LogP contribution is 2.47. The highest BCUT2D eigenvalue weighted by atomic mass is 15.0. The van der Waals surface area contributed by atoms with Gasteiger partial charge in [0, 0.05) is 82.4 Å². The zero-order chi connectivity index (χ0) is 48.2. The molecule has 17 rings (SSSR count). The van der Waals surface area contributed by atoms with Crippen LogP contribution in [0.4, 0.5) is 0 Å². The van der Waals surface area contributed by atoms with Crippen molar-refractivity contribution in [2.45, 2.75) is 0 Å². The predicted octanol–water partition coefficient (Wildman–Crippen LogP) is 17.3. The normalized spacial score (nSPS) is 12.3. The molecule has 1 aliphatic rings. The van der Waals surface area contributed by atoms with Crippen LogP contribution in [0.2, 0.25) is 0 Å². The Morgan fingerprint density at radius 3 is 1.07 bits per heavy atom. The fourth-order valence-electron chi connectivity index (χ4n) is 12.8. The van der Waals surface area contributed by atoms with Crippen LogP contribution in [0.5, 0.6) is 0 Å². The van der Waals surface area contributed by atoms with Gasteiger partial charge in [0.05, 0.1) is 55.3 Å². The highest BCUT2D eigenvalue weighted by molar-refractivity contribution is 6.16. The molecule has 5 aromatic heterocycles. The summed E-state index contributed by atoms with van der Waals surface area (Å²) in [5, 5.41) is 10.8. The van der Waals surface area contributed by atoms with Crippen molar-refractivity contribution in [1.82, 2.24) is 28.2 Å². The van der Waals surface area contributed by atoms with E-state index in [9.17, 15) is 0 Å². The number of rotatable bonds is 5. The van der Waals surface area contributed by atoms with Crippen LogP contribution in [0.3, 0.4) is 0 Å². The molecule has 0 radical (unpaired) electrons. The summed E-state index contributed by atoms with van der Waals surface area (Å²) in [6.45, 7) is 0. The van der Waals surface area contributed by atoms with Crippen LogP contribution in [-0.2, 0) is 0 Å². The number of hydrogen-bond acceptors (Lipinski definition) is 2. The van der Waals surface area contributed by atoms with Crippen LogP contribution in [0, 0.1) is 0 Å². The van der Waals surface area contributed by atoms with Gasteiger partial charge in [0.15, 0.2) is 5.82 Å². The monoisotopic (exact) mass is 940 g/mol. The Morgan fingerprint density at radius 2 is 0.608 bits per heavy atom. The number of benzene rings is 11. The van der Waals surface area contributed by atoms with Gasteiger partial charge < -0.3 is 18.3 Å². The van der Waals surface area contributed by atoms with Crippen molar-refractivity contribution < 1.29 is 0 Å². The molecule has 0 fully saturated rings. The van der Waals surface area contributed by atoms with Gasteiger partial charge in [-0.1, -0.05) is 146 Å². The van der Waals surface area contributed by atoms with Crippen molar-refractivity contribution in [2.75, 3.05) is 0 Å². The summed E-state index contributed by atoms with van der Waals surface area (Å²) in [4.78, 5) is 11.0. The molecule has 1 aliphatic carbocycles. The molecular weight excluding hydrogens is 901 g/mol. The maximum atomic E-state index is 5.52. The van der Waals surface area contributed by atoms with Gasteiger partial charge in [-0.25, -0.2) is 9.97 Å². The molecule has 16 aromatic rings. The van der Waals surface area contributed by atoms with E-state index >= 15 is 0 Å². The maximum Gasteiger partial charge on any atom is 0.160 e. The molecule has 0 unspecified atom stereocenters. The maximum absolute atomic E-state index is 5.52. The Balaban J connectivity index is 0.934. The fourth-order valence-corrected chi connectivity index (χ4v) is 12.8. The van der Waals surface area contributed by atoms with Crippen LogP contribution >= 0.6 is 0 Å². The van der Waals surface area contributed by atoms with Gasteiger partial charge >= 0.3 is 0 Å². The van der Waals surface area contributed by atoms with Gasteiger partial charge in [-0.05, 0) is 108 Å². The largest absolute Gasteiger partial charge is 0.309 e. The minimum absolute atomic E-state index is 0.688. The fraction of sp³-hybridized carbons (Fsp3) is 0. The van der Waals surface area contributed by atoms with E-state index in [-0.39, 0.29) is 0 Å². The van der Waals surface area contributed by atoms with E-state index in [0.717, 1.165) is 72.5 Å². The molecule has 74 heavy (non-hydrogen) atoms. The summed E-state index contributed by atoms with van der Waals surface area (Å²) in [7, 11) is 0. The second-order valence-corrected chi connectivity index (χ2v) is 19.7. The van der Waals surface area contributed by atoms with E-state index in [1.807, 2.05) is 0 Å². The summed E-state index contributed by atoms with van der Waals surface area (Å²) in [5.41, 5.74) is 19.9. The number of fused-ring (bicyclic) bond motifs is 15. The second-order valence-electron chi connectivity index (χ2n) is 19.7. The summed E-state index contributed by atoms with van der Waals surface area (Å²) >= 11 is 0. The SMILES string of the molecule is c1ccc2c(c1)-c1cccc3nc(-c4cc(-n5c6ccccc6c6cc(-n7c8ccccc8c8ccccc87)ccc65)cc(-n5c6ccccc6c6cc(-n7c8ccccc8c8ccccc87)ccc65)c4)nc-2c13. The molecule has 6 heteroatoms. The molecule has 0 amide bonds. The summed E-state index contributed by atoms with van der Waals surface area (Å²) in [5.74, 6) is 0.688. The third-order valence-corrected chi connectivity index (χ3v) is 15.9. The molecule has 0 saturated heterocycles. The number of hydrogen-bond donors (Lipinski definition) is 0. The van der Waals surface area contributed by atoms with Gasteiger partial charge in [0.1, 0.15) is 0 Å². The topological polar surface area (TPSA) is 45.5 Å². The van der Waals surface area contributed by atoms with Gasteiger partial charge in [-0.2, -0.15) is 0 Å². The Labute approximate surface area is 423 Å². The van der Waals surface area contributed by atoms with E-state index in [0.29, 0.717) is 5.82 Å². The molecule has 6 nitrogen and oxygen atoms in total. The third-order valence-electron chi connectivity index (χ3n) is 15.9. The van der Waals surface area contributed by atoms with Crippen molar-refractivity contribution >= 4 is 98.1 Å². The predicted molar refractivity (Wildman–Crippen MR) is 307 cm³/mol. The highest BCUT2D eigenvalue weighted by Gasteiger charge is 2.26. The minimum Gasteiger partial charge on any atom is -0.309 e. The third kappa shape index (κ3) is 5.38. The molecular formula is C68H40N6. The Morgan fingerprint density at radius 1 is 0.243 bits per heavy atom. The van der Waals surface area contributed by atoms with Crippen molar-refractivity contribution in [1.29, 1.82) is 0 Å². The molecule has 0 N–H and O–H groups in total. The van der Waals surface area contributed by atoms with Gasteiger partial charge in [0.2, 0.25) is 0 Å². The Hall–Kier alpha value is -10.0.